The third kappa shape index (κ3) is 4.61. The Morgan fingerprint density at radius 1 is 1.29 bits per heavy atom. The van der Waals surface area contributed by atoms with Crippen molar-refractivity contribution in [2.45, 2.75) is 38.5 Å². The Kier molecular flexibility index (Phi) is 5.60. The molecule has 1 aliphatic carbocycles. The number of carbonyl (C=O) groups is 1. The summed E-state index contributed by atoms with van der Waals surface area (Å²) in [6.07, 6.45) is 7.01. The van der Waals surface area contributed by atoms with Gasteiger partial charge in [0.05, 0.1) is 20.1 Å². The van der Waals surface area contributed by atoms with Crippen LogP contribution in [0.15, 0.2) is 0 Å². The summed E-state index contributed by atoms with van der Waals surface area (Å²) >= 11 is 0. The van der Waals surface area contributed by atoms with Crippen molar-refractivity contribution in [2.75, 3.05) is 20.3 Å². The second-order valence-corrected chi connectivity index (χ2v) is 3.91. The molecule has 1 fully saturated rings. The van der Waals surface area contributed by atoms with Crippen LogP contribution < -0.4 is 0 Å². The lowest BCUT2D eigenvalue weighted by Crippen LogP contribution is -2.15. The van der Waals surface area contributed by atoms with E-state index in [0.29, 0.717) is 13.0 Å². The van der Waals surface area contributed by atoms with E-state index in [1.54, 1.807) is 0 Å². The molecule has 0 saturated heterocycles. The number of hydrogen-bond acceptors (Lipinski definition) is 3. The lowest BCUT2D eigenvalue weighted by molar-refractivity contribution is -0.141. The van der Waals surface area contributed by atoms with Gasteiger partial charge in [-0.3, -0.25) is 4.79 Å². The molecule has 3 nitrogen and oxygen atoms in total. The predicted molar refractivity (Wildman–Crippen MR) is 54.0 cm³/mol. The highest BCUT2D eigenvalue weighted by atomic mass is 16.5. The molecule has 0 aliphatic heterocycles. The average molecular weight is 200 g/mol. The Balaban J connectivity index is 1.94. The Labute approximate surface area is 85.8 Å². The highest BCUT2D eigenvalue weighted by molar-refractivity contribution is 5.69. The molecule has 0 amide bonds. The van der Waals surface area contributed by atoms with E-state index in [1.807, 2.05) is 0 Å². The van der Waals surface area contributed by atoms with Crippen molar-refractivity contribution < 1.29 is 14.3 Å². The molecular weight excluding hydrogens is 180 g/mol. The normalized spacial score (nSPS) is 18.1. The smallest absolute Gasteiger partial charge is 0.307 e. The first-order chi connectivity index (χ1) is 6.83. The Morgan fingerprint density at radius 3 is 2.64 bits per heavy atom. The molecule has 0 spiro atoms. The Bertz CT molecular complexity index is 162. The Morgan fingerprint density at radius 2 is 2.00 bits per heavy atom. The first kappa shape index (κ1) is 11.5. The minimum Gasteiger partial charge on any atom is -0.469 e. The van der Waals surface area contributed by atoms with Crippen LogP contribution in [0.5, 0.6) is 0 Å². The van der Waals surface area contributed by atoms with Crippen LogP contribution in [0.3, 0.4) is 0 Å². The lowest BCUT2D eigenvalue weighted by Gasteiger charge is -2.21. The van der Waals surface area contributed by atoms with Gasteiger partial charge in [-0.1, -0.05) is 19.3 Å². The SMILES string of the molecule is COC(=O)CCOCC1CCCCC1. The van der Waals surface area contributed by atoms with Gasteiger partial charge in [0, 0.05) is 6.61 Å². The summed E-state index contributed by atoms with van der Waals surface area (Å²) < 4.78 is 9.97. The molecule has 0 aromatic rings. The zero-order chi connectivity index (χ0) is 10.2. The van der Waals surface area contributed by atoms with Crippen molar-refractivity contribution in [2.24, 2.45) is 5.92 Å². The second-order valence-electron chi connectivity index (χ2n) is 3.91. The molecule has 0 atom stereocenters. The van der Waals surface area contributed by atoms with Crippen molar-refractivity contribution in [1.29, 1.82) is 0 Å². The van der Waals surface area contributed by atoms with E-state index in [-0.39, 0.29) is 5.97 Å². The molecular formula is C11H20O3. The topological polar surface area (TPSA) is 35.5 Å². The molecule has 1 saturated carbocycles. The molecule has 0 heterocycles. The number of rotatable bonds is 5. The average Bonchev–Trinajstić information content (AvgIpc) is 2.25. The van der Waals surface area contributed by atoms with Crippen LogP contribution in [0.1, 0.15) is 38.5 Å². The van der Waals surface area contributed by atoms with Gasteiger partial charge in [0.1, 0.15) is 0 Å². The maximum absolute atomic E-state index is 10.8. The van der Waals surface area contributed by atoms with Gasteiger partial charge in [-0.05, 0) is 18.8 Å². The maximum Gasteiger partial charge on any atom is 0.307 e. The van der Waals surface area contributed by atoms with Gasteiger partial charge in [0.15, 0.2) is 0 Å². The van der Waals surface area contributed by atoms with Crippen LogP contribution >= 0.6 is 0 Å². The van der Waals surface area contributed by atoms with E-state index in [0.717, 1.165) is 12.5 Å². The largest absolute Gasteiger partial charge is 0.469 e. The number of hydrogen-bond donors (Lipinski definition) is 0. The molecule has 82 valence electrons. The van der Waals surface area contributed by atoms with E-state index < -0.39 is 0 Å². The fourth-order valence-electron chi connectivity index (χ4n) is 1.86. The molecule has 0 aromatic heterocycles. The summed E-state index contributed by atoms with van der Waals surface area (Å²) in [5, 5.41) is 0. The summed E-state index contributed by atoms with van der Waals surface area (Å²) in [6, 6.07) is 0. The first-order valence-electron chi connectivity index (χ1n) is 5.47. The molecule has 0 radical (unpaired) electrons. The second kappa shape index (κ2) is 6.82. The Hall–Kier alpha value is -0.570. The fourth-order valence-corrected chi connectivity index (χ4v) is 1.86. The van der Waals surface area contributed by atoms with Gasteiger partial charge in [0.25, 0.3) is 0 Å². The van der Waals surface area contributed by atoms with E-state index in [2.05, 4.69) is 4.74 Å². The molecule has 14 heavy (non-hydrogen) atoms. The van der Waals surface area contributed by atoms with E-state index >= 15 is 0 Å². The predicted octanol–water partition coefficient (Wildman–Crippen LogP) is 2.15. The van der Waals surface area contributed by atoms with E-state index in [4.69, 9.17) is 4.74 Å². The van der Waals surface area contributed by atoms with Crippen LogP contribution in [0.25, 0.3) is 0 Å². The zero-order valence-electron chi connectivity index (χ0n) is 8.96. The molecule has 0 aromatic carbocycles. The monoisotopic (exact) mass is 200 g/mol. The van der Waals surface area contributed by atoms with E-state index in [1.165, 1.54) is 39.2 Å². The third-order valence-electron chi connectivity index (χ3n) is 2.76. The van der Waals surface area contributed by atoms with Gasteiger partial charge >= 0.3 is 5.97 Å². The van der Waals surface area contributed by atoms with Gasteiger partial charge in [0.2, 0.25) is 0 Å². The van der Waals surface area contributed by atoms with Gasteiger partial charge in [-0.15, -0.1) is 0 Å². The van der Waals surface area contributed by atoms with Crippen LogP contribution in [0, 0.1) is 5.92 Å². The summed E-state index contributed by atoms with van der Waals surface area (Å²) in [7, 11) is 1.41. The number of carbonyl (C=O) groups excluding carboxylic acids is 1. The minimum absolute atomic E-state index is 0.186. The van der Waals surface area contributed by atoms with Crippen LogP contribution in [-0.2, 0) is 14.3 Å². The quantitative estimate of drug-likeness (QED) is 0.504. The van der Waals surface area contributed by atoms with Crippen molar-refractivity contribution in [1.82, 2.24) is 0 Å². The van der Waals surface area contributed by atoms with Crippen molar-refractivity contribution in [3.05, 3.63) is 0 Å². The van der Waals surface area contributed by atoms with Crippen molar-refractivity contribution in [3.63, 3.8) is 0 Å². The van der Waals surface area contributed by atoms with Crippen LogP contribution in [0.2, 0.25) is 0 Å². The molecule has 0 unspecified atom stereocenters. The zero-order valence-corrected chi connectivity index (χ0v) is 8.96. The van der Waals surface area contributed by atoms with Gasteiger partial charge in [-0.25, -0.2) is 0 Å². The van der Waals surface area contributed by atoms with Gasteiger partial charge < -0.3 is 9.47 Å². The fraction of sp³-hybridized carbons (Fsp3) is 0.909. The summed E-state index contributed by atoms with van der Waals surface area (Å²) in [5.74, 6) is 0.537. The standard InChI is InChI=1S/C11H20O3/c1-13-11(12)7-8-14-9-10-5-3-2-4-6-10/h10H,2-9H2,1H3. The molecule has 1 aliphatic rings. The van der Waals surface area contributed by atoms with Gasteiger partial charge in [-0.2, -0.15) is 0 Å². The molecule has 3 heteroatoms. The first-order valence-corrected chi connectivity index (χ1v) is 5.47. The number of esters is 1. The molecule has 0 N–H and O–H groups in total. The van der Waals surface area contributed by atoms with Crippen molar-refractivity contribution >= 4 is 5.97 Å². The van der Waals surface area contributed by atoms with Crippen LogP contribution in [0.4, 0.5) is 0 Å². The third-order valence-corrected chi connectivity index (χ3v) is 2.76. The maximum atomic E-state index is 10.8. The summed E-state index contributed by atoms with van der Waals surface area (Å²) in [5.41, 5.74) is 0. The highest BCUT2D eigenvalue weighted by Gasteiger charge is 2.13. The minimum atomic E-state index is -0.186. The highest BCUT2D eigenvalue weighted by Crippen LogP contribution is 2.23. The molecule has 0 bridgehead atoms. The summed E-state index contributed by atoms with van der Waals surface area (Å²) in [6.45, 7) is 1.32. The number of methoxy groups -OCH3 is 1. The molecule has 1 rings (SSSR count). The number of ether oxygens (including phenoxy) is 2. The van der Waals surface area contributed by atoms with Crippen molar-refractivity contribution in [3.8, 4) is 0 Å². The lowest BCUT2D eigenvalue weighted by atomic mass is 9.90. The van der Waals surface area contributed by atoms with Crippen LogP contribution in [-0.4, -0.2) is 26.3 Å². The summed E-state index contributed by atoms with van der Waals surface area (Å²) in [4.78, 5) is 10.8. The van der Waals surface area contributed by atoms with E-state index in [9.17, 15) is 4.79 Å².